The topological polar surface area (TPSA) is 42.4 Å². The molecule has 2 aromatic rings. The predicted octanol–water partition coefficient (Wildman–Crippen LogP) is 3.21. The summed E-state index contributed by atoms with van der Waals surface area (Å²) in [6.45, 7) is 8.64. The lowest BCUT2D eigenvalue weighted by molar-refractivity contribution is 0.0305. The van der Waals surface area contributed by atoms with Gasteiger partial charge in [-0.15, -0.1) is 11.3 Å². The van der Waals surface area contributed by atoms with Crippen LogP contribution >= 0.6 is 11.3 Å². The van der Waals surface area contributed by atoms with Gasteiger partial charge in [0.15, 0.2) is 0 Å². The van der Waals surface area contributed by atoms with E-state index < -0.39 is 0 Å². The van der Waals surface area contributed by atoms with Gasteiger partial charge in [-0.2, -0.15) is 0 Å². The van der Waals surface area contributed by atoms with E-state index in [1.165, 1.54) is 22.5 Å². The fourth-order valence-electron chi connectivity index (χ4n) is 2.67. The molecule has 0 bridgehead atoms. The number of carbonyl (C=O) groups is 1. The Kier molecular flexibility index (Phi) is 4.27. The van der Waals surface area contributed by atoms with Crippen LogP contribution in [0.1, 0.15) is 26.5 Å². The van der Waals surface area contributed by atoms with E-state index in [0.29, 0.717) is 26.3 Å². The molecule has 1 aliphatic rings. The normalized spacial score (nSPS) is 15.1. The molecule has 116 valence electrons. The number of carbonyl (C=O) groups excluding carboxylic acids is 1. The van der Waals surface area contributed by atoms with Gasteiger partial charge in [-0.3, -0.25) is 4.79 Å². The smallest absolute Gasteiger partial charge is 0.266 e. The molecule has 22 heavy (non-hydrogen) atoms. The molecule has 4 nitrogen and oxygen atoms in total. The molecule has 1 aromatic heterocycles. The number of aryl methyl sites for hydroxylation is 3. The monoisotopic (exact) mass is 316 g/mol. The third kappa shape index (κ3) is 2.91. The van der Waals surface area contributed by atoms with Gasteiger partial charge in [0, 0.05) is 18.7 Å². The Morgan fingerprint density at radius 3 is 2.64 bits per heavy atom. The first kappa shape index (κ1) is 15.2. The van der Waals surface area contributed by atoms with E-state index in [9.17, 15) is 4.79 Å². The van der Waals surface area contributed by atoms with Crippen molar-refractivity contribution in [1.29, 1.82) is 0 Å². The number of aromatic nitrogens is 1. The number of thiazole rings is 1. The quantitative estimate of drug-likeness (QED) is 0.854. The molecule has 0 unspecified atom stereocenters. The van der Waals surface area contributed by atoms with E-state index in [-0.39, 0.29) is 5.91 Å². The Hall–Kier alpha value is -1.72. The van der Waals surface area contributed by atoms with Crippen LogP contribution in [0.2, 0.25) is 0 Å². The van der Waals surface area contributed by atoms with Gasteiger partial charge in [0.1, 0.15) is 9.88 Å². The van der Waals surface area contributed by atoms with Crippen LogP contribution in [0, 0.1) is 20.8 Å². The summed E-state index contributed by atoms with van der Waals surface area (Å²) in [5.41, 5.74) is 4.36. The number of rotatable bonds is 2. The maximum atomic E-state index is 12.6. The minimum Gasteiger partial charge on any atom is -0.378 e. The molecule has 0 atom stereocenters. The Bertz CT molecular complexity index is 703. The zero-order chi connectivity index (χ0) is 15.7. The predicted molar refractivity (Wildman–Crippen MR) is 88.5 cm³/mol. The summed E-state index contributed by atoms with van der Waals surface area (Å²) >= 11 is 1.49. The minimum absolute atomic E-state index is 0.0781. The zero-order valence-corrected chi connectivity index (χ0v) is 14.0. The highest BCUT2D eigenvalue weighted by molar-refractivity contribution is 7.17. The molecule has 5 heteroatoms. The van der Waals surface area contributed by atoms with E-state index in [1.807, 2.05) is 11.8 Å². The molecule has 0 radical (unpaired) electrons. The van der Waals surface area contributed by atoms with Crippen molar-refractivity contribution in [1.82, 2.24) is 9.88 Å². The van der Waals surface area contributed by atoms with Gasteiger partial charge in [-0.1, -0.05) is 23.8 Å². The number of hydrogen-bond acceptors (Lipinski definition) is 4. The van der Waals surface area contributed by atoms with Crippen molar-refractivity contribution in [2.75, 3.05) is 26.3 Å². The van der Waals surface area contributed by atoms with E-state index >= 15 is 0 Å². The molecule has 0 aliphatic carbocycles. The minimum atomic E-state index is 0.0781. The van der Waals surface area contributed by atoms with Gasteiger partial charge >= 0.3 is 0 Å². The highest BCUT2D eigenvalue weighted by Crippen LogP contribution is 2.31. The van der Waals surface area contributed by atoms with Crippen LogP contribution < -0.4 is 0 Å². The molecule has 1 aliphatic heterocycles. The van der Waals surface area contributed by atoms with Crippen molar-refractivity contribution in [2.24, 2.45) is 0 Å². The highest BCUT2D eigenvalue weighted by Gasteiger charge is 2.23. The van der Waals surface area contributed by atoms with Gasteiger partial charge in [-0.25, -0.2) is 4.98 Å². The van der Waals surface area contributed by atoms with Gasteiger partial charge in [-0.05, 0) is 26.3 Å². The lowest BCUT2D eigenvalue weighted by Crippen LogP contribution is -2.40. The Labute approximate surface area is 134 Å². The molecular formula is C17H20N2O2S. The number of nitrogens with zero attached hydrogens (tertiary/aromatic N) is 2. The van der Waals surface area contributed by atoms with Crippen LogP contribution in [0.5, 0.6) is 0 Å². The van der Waals surface area contributed by atoms with Crippen molar-refractivity contribution in [3.63, 3.8) is 0 Å². The summed E-state index contributed by atoms with van der Waals surface area (Å²) in [5.74, 6) is 0.0781. The maximum Gasteiger partial charge on any atom is 0.266 e. The second-order valence-electron chi connectivity index (χ2n) is 5.66. The highest BCUT2D eigenvalue weighted by atomic mass is 32.1. The molecule has 0 saturated carbocycles. The van der Waals surface area contributed by atoms with Crippen molar-refractivity contribution < 1.29 is 9.53 Å². The molecule has 3 rings (SSSR count). The van der Waals surface area contributed by atoms with Crippen molar-refractivity contribution in [2.45, 2.75) is 20.8 Å². The molecular weight excluding hydrogens is 296 g/mol. The van der Waals surface area contributed by atoms with Crippen LogP contribution in [-0.4, -0.2) is 42.1 Å². The summed E-state index contributed by atoms with van der Waals surface area (Å²) in [4.78, 5) is 19.9. The van der Waals surface area contributed by atoms with Gasteiger partial charge in [0.2, 0.25) is 0 Å². The number of amides is 1. The Balaban J connectivity index is 1.91. The molecule has 1 amide bonds. The van der Waals surface area contributed by atoms with Crippen molar-refractivity contribution >= 4 is 17.2 Å². The summed E-state index contributed by atoms with van der Waals surface area (Å²) in [5, 5.41) is 0.923. The van der Waals surface area contributed by atoms with E-state index in [2.05, 4.69) is 37.0 Å². The summed E-state index contributed by atoms with van der Waals surface area (Å²) < 4.78 is 5.31. The molecule has 1 saturated heterocycles. The molecule has 2 heterocycles. The van der Waals surface area contributed by atoms with E-state index in [1.54, 1.807) is 0 Å². The zero-order valence-electron chi connectivity index (χ0n) is 13.2. The third-order valence-electron chi connectivity index (χ3n) is 3.90. The second-order valence-corrected chi connectivity index (χ2v) is 6.66. The molecule has 0 spiro atoms. The average molecular weight is 316 g/mol. The average Bonchev–Trinajstić information content (AvgIpc) is 2.89. The van der Waals surface area contributed by atoms with Crippen LogP contribution in [0.3, 0.4) is 0 Å². The fraction of sp³-hybridized carbons (Fsp3) is 0.412. The molecule has 0 N–H and O–H groups in total. The second kappa shape index (κ2) is 6.18. The van der Waals surface area contributed by atoms with E-state index in [0.717, 1.165) is 21.1 Å². The maximum absolute atomic E-state index is 12.6. The first-order chi connectivity index (χ1) is 10.6. The first-order valence-corrected chi connectivity index (χ1v) is 8.30. The summed E-state index contributed by atoms with van der Waals surface area (Å²) in [7, 11) is 0. The summed E-state index contributed by atoms with van der Waals surface area (Å²) in [6, 6.07) is 6.32. The lowest BCUT2D eigenvalue weighted by Gasteiger charge is -2.26. The van der Waals surface area contributed by atoms with Crippen molar-refractivity contribution in [3.8, 4) is 10.6 Å². The van der Waals surface area contributed by atoms with Crippen LogP contribution in [0.4, 0.5) is 0 Å². The van der Waals surface area contributed by atoms with Crippen LogP contribution in [0.25, 0.3) is 10.6 Å². The molecule has 1 fully saturated rings. The van der Waals surface area contributed by atoms with Crippen molar-refractivity contribution in [3.05, 3.63) is 39.9 Å². The SMILES string of the molecule is Cc1ccc(-c2nc(C)c(C(=O)N3CCOCC3)s2)c(C)c1. The van der Waals surface area contributed by atoms with E-state index in [4.69, 9.17) is 4.74 Å². The first-order valence-electron chi connectivity index (χ1n) is 7.48. The van der Waals surface area contributed by atoms with Crippen LogP contribution in [-0.2, 0) is 4.74 Å². The van der Waals surface area contributed by atoms with Gasteiger partial charge in [0.25, 0.3) is 5.91 Å². The van der Waals surface area contributed by atoms with Gasteiger partial charge in [0.05, 0.1) is 18.9 Å². The number of hydrogen-bond donors (Lipinski definition) is 0. The third-order valence-corrected chi connectivity index (χ3v) is 5.08. The number of benzene rings is 1. The molecule has 1 aromatic carbocycles. The number of morpholine rings is 1. The van der Waals surface area contributed by atoms with Crippen LogP contribution in [0.15, 0.2) is 18.2 Å². The summed E-state index contributed by atoms with van der Waals surface area (Å²) in [6.07, 6.45) is 0. The lowest BCUT2D eigenvalue weighted by atomic mass is 10.1. The largest absolute Gasteiger partial charge is 0.378 e. The number of ether oxygens (including phenoxy) is 1. The van der Waals surface area contributed by atoms with Gasteiger partial charge < -0.3 is 9.64 Å². The fourth-order valence-corrected chi connectivity index (χ4v) is 3.80. The Morgan fingerprint density at radius 2 is 1.95 bits per heavy atom. The Morgan fingerprint density at radius 1 is 1.23 bits per heavy atom. The standard InChI is InChI=1S/C17H20N2O2S/c1-11-4-5-14(12(2)10-11)16-18-13(3)15(22-16)17(20)19-6-8-21-9-7-19/h4-5,10H,6-9H2,1-3H3.